The van der Waals surface area contributed by atoms with Gasteiger partial charge in [-0.25, -0.2) is 9.18 Å². The van der Waals surface area contributed by atoms with Gasteiger partial charge in [0.2, 0.25) is 0 Å². The molecule has 3 N–H and O–H groups in total. The highest BCUT2D eigenvalue weighted by atomic mass is 19.1. The summed E-state index contributed by atoms with van der Waals surface area (Å²) in [5.41, 5.74) is 0.607. The van der Waals surface area contributed by atoms with Crippen molar-refractivity contribution in [1.29, 1.82) is 0 Å². The van der Waals surface area contributed by atoms with Crippen LogP contribution in [0.25, 0.3) is 0 Å². The van der Waals surface area contributed by atoms with Gasteiger partial charge in [0.05, 0.1) is 5.69 Å². The lowest BCUT2D eigenvalue weighted by Gasteiger charge is -2.08. The Morgan fingerprint density at radius 2 is 1.78 bits per heavy atom. The summed E-state index contributed by atoms with van der Waals surface area (Å²) in [4.78, 5) is 11.6. The normalized spacial score (nSPS) is 9.83. The zero-order chi connectivity index (χ0) is 13.0. The Hall–Kier alpha value is -2.56. The SMILES string of the molecule is O=C(Nc1ccccc1)Nc1ccc(O)cc1F. The first-order chi connectivity index (χ1) is 8.65. The summed E-state index contributed by atoms with van der Waals surface area (Å²) >= 11 is 0. The van der Waals surface area contributed by atoms with Crippen molar-refractivity contribution in [2.75, 3.05) is 10.6 Å². The number of hydrogen-bond donors (Lipinski definition) is 3. The van der Waals surface area contributed by atoms with Gasteiger partial charge in [-0.15, -0.1) is 0 Å². The number of hydrogen-bond acceptors (Lipinski definition) is 2. The van der Waals surface area contributed by atoms with E-state index in [-0.39, 0.29) is 11.4 Å². The molecule has 0 aromatic heterocycles. The third kappa shape index (κ3) is 2.98. The number of phenols is 1. The first-order valence-corrected chi connectivity index (χ1v) is 5.27. The molecule has 0 radical (unpaired) electrons. The van der Waals surface area contributed by atoms with E-state index in [4.69, 9.17) is 5.11 Å². The van der Waals surface area contributed by atoms with Crippen LogP contribution in [0.4, 0.5) is 20.6 Å². The lowest BCUT2D eigenvalue weighted by Crippen LogP contribution is -2.19. The predicted octanol–water partition coefficient (Wildman–Crippen LogP) is 3.18. The molecule has 0 atom stereocenters. The Balaban J connectivity index is 2.03. The average Bonchev–Trinajstić information content (AvgIpc) is 2.34. The minimum atomic E-state index is -0.696. The van der Waals surface area contributed by atoms with E-state index in [9.17, 15) is 9.18 Å². The molecule has 2 rings (SSSR count). The molecular weight excluding hydrogens is 235 g/mol. The van der Waals surface area contributed by atoms with Crippen LogP contribution in [0, 0.1) is 5.82 Å². The molecule has 0 aliphatic rings. The number of benzene rings is 2. The minimum absolute atomic E-state index is 0.00114. The molecule has 0 aliphatic heterocycles. The van der Waals surface area contributed by atoms with Gasteiger partial charge in [-0.3, -0.25) is 0 Å². The number of anilines is 2. The van der Waals surface area contributed by atoms with Crippen molar-refractivity contribution in [3.8, 4) is 5.75 Å². The van der Waals surface area contributed by atoms with E-state index in [1.807, 2.05) is 6.07 Å². The molecule has 0 aliphatic carbocycles. The van der Waals surface area contributed by atoms with Gasteiger partial charge < -0.3 is 15.7 Å². The summed E-state index contributed by atoms with van der Waals surface area (Å²) in [5, 5.41) is 13.9. The van der Waals surface area contributed by atoms with E-state index in [2.05, 4.69) is 10.6 Å². The van der Waals surface area contributed by atoms with Crippen LogP contribution in [0.5, 0.6) is 5.75 Å². The number of halogens is 1. The van der Waals surface area contributed by atoms with Crippen molar-refractivity contribution in [2.45, 2.75) is 0 Å². The molecule has 0 heterocycles. The van der Waals surface area contributed by atoms with E-state index < -0.39 is 11.8 Å². The second kappa shape index (κ2) is 5.18. The molecule has 2 aromatic carbocycles. The Bertz CT molecular complexity index is 558. The van der Waals surface area contributed by atoms with Crippen LogP contribution in [0.3, 0.4) is 0 Å². The molecule has 0 unspecified atom stereocenters. The van der Waals surface area contributed by atoms with Crippen molar-refractivity contribution in [1.82, 2.24) is 0 Å². The zero-order valence-electron chi connectivity index (χ0n) is 9.35. The fourth-order valence-corrected chi connectivity index (χ4v) is 1.41. The highest BCUT2D eigenvalue weighted by Crippen LogP contribution is 2.19. The molecule has 4 nitrogen and oxygen atoms in total. The molecule has 0 saturated heterocycles. The maximum absolute atomic E-state index is 13.3. The summed E-state index contributed by atoms with van der Waals surface area (Å²) in [5.74, 6) is -0.889. The first-order valence-electron chi connectivity index (χ1n) is 5.27. The highest BCUT2D eigenvalue weighted by Gasteiger charge is 2.07. The third-order valence-corrected chi connectivity index (χ3v) is 2.23. The zero-order valence-corrected chi connectivity index (χ0v) is 9.35. The largest absolute Gasteiger partial charge is 0.508 e. The van der Waals surface area contributed by atoms with E-state index in [1.165, 1.54) is 12.1 Å². The monoisotopic (exact) mass is 246 g/mol. The fourth-order valence-electron chi connectivity index (χ4n) is 1.41. The summed E-state index contributed by atoms with van der Waals surface area (Å²) in [6, 6.07) is 11.8. The standard InChI is InChI=1S/C13H11FN2O2/c14-11-8-10(17)6-7-12(11)16-13(18)15-9-4-2-1-3-5-9/h1-8,17H,(H2,15,16,18). The van der Waals surface area contributed by atoms with Crippen LogP contribution < -0.4 is 10.6 Å². The van der Waals surface area contributed by atoms with Crippen LogP contribution >= 0.6 is 0 Å². The number of phenolic OH excluding ortho intramolecular Hbond substituents is 1. The first kappa shape index (κ1) is 11.9. The number of nitrogens with one attached hydrogen (secondary N) is 2. The van der Waals surface area contributed by atoms with Crippen molar-refractivity contribution in [3.05, 3.63) is 54.3 Å². The number of aromatic hydroxyl groups is 1. The highest BCUT2D eigenvalue weighted by molar-refractivity contribution is 5.99. The summed E-state index contributed by atoms with van der Waals surface area (Å²) in [6.45, 7) is 0. The topological polar surface area (TPSA) is 61.4 Å². The lowest BCUT2D eigenvalue weighted by molar-refractivity contribution is 0.262. The van der Waals surface area contributed by atoms with Gasteiger partial charge in [-0.1, -0.05) is 18.2 Å². The van der Waals surface area contributed by atoms with Crippen molar-refractivity contribution in [2.24, 2.45) is 0 Å². The summed E-state index contributed by atoms with van der Waals surface area (Å²) in [6.07, 6.45) is 0. The number of carbonyl (C=O) groups is 1. The van der Waals surface area contributed by atoms with E-state index in [0.717, 1.165) is 6.07 Å². The van der Waals surface area contributed by atoms with Gasteiger partial charge in [0.1, 0.15) is 11.6 Å². The van der Waals surface area contributed by atoms with Crippen LogP contribution in [0.15, 0.2) is 48.5 Å². The van der Waals surface area contributed by atoms with Crippen molar-refractivity contribution < 1.29 is 14.3 Å². The molecule has 0 saturated carbocycles. The molecule has 18 heavy (non-hydrogen) atoms. The van der Waals surface area contributed by atoms with E-state index in [0.29, 0.717) is 5.69 Å². The Morgan fingerprint density at radius 3 is 2.44 bits per heavy atom. The van der Waals surface area contributed by atoms with Gasteiger partial charge in [-0.05, 0) is 24.3 Å². The quantitative estimate of drug-likeness (QED) is 0.713. The number of carbonyl (C=O) groups excluding carboxylic acids is 1. The fraction of sp³-hybridized carbons (Fsp3) is 0. The van der Waals surface area contributed by atoms with Crippen molar-refractivity contribution >= 4 is 17.4 Å². The number of urea groups is 1. The minimum Gasteiger partial charge on any atom is -0.508 e. The van der Waals surface area contributed by atoms with Crippen LogP contribution in [-0.4, -0.2) is 11.1 Å². The second-order valence-electron chi connectivity index (χ2n) is 3.61. The number of para-hydroxylation sites is 1. The van der Waals surface area contributed by atoms with E-state index in [1.54, 1.807) is 24.3 Å². The van der Waals surface area contributed by atoms with Crippen LogP contribution in [0.1, 0.15) is 0 Å². The molecule has 5 heteroatoms. The van der Waals surface area contributed by atoms with Crippen LogP contribution in [0.2, 0.25) is 0 Å². The second-order valence-corrected chi connectivity index (χ2v) is 3.61. The Kier molecular flexibility index (Phi) is 3.43. The van der Waals surface area contributed by atoms with Gasteiger partial charge >= 0.3 is 6.03 Å². The summed E-state index contributed by atoms with van der Waals surface area (Å²) in [7, 11) is 0. The maximum Gasteiger partial charge on any atom is 0.323 e. The molecule has 92 valence electrons. The smallest absolute Gasteiger partial charge is 0.323 e. The van der Waals surface area contributed by atoms with Crippen LogP contribution in [-0.2, 0) is 0 Å². The lowest BCUT2D eigenvalue weighted by atomic mass is 10.3. The third-order valence-electron chi connectivity index (χ3n) is 2.23. The van der Waals surface area contributed by atoms with Crippen molar-refractivity contribution in [3.63, 3.8) is 0 Å². The predicted molar refractivity (Wildman–Crippen MR) is 67.1 cm³/mol. The average molecular weight is 246 g/mol. The number of rotatable bonds is 2. The van der Waals surface area contributed by atoms with Gasteiger partial charge in [0.25, 0.3) is 0 Å². The van der Waals surface area contributed by atoms with E-state index >= 15 is 0 Å². The maximum atomic E-state index is 13.3. The molecule has 0 bridgehead atoms. The molecule has 2 aromatic rings. The molecule has 0 spiro atoms. The Labute approximate surface area is 103 Å². The van der Waals surface area contributed by atoms with Gasteiger partial charge in [0.15, 0.2) is 0 Å². The molecule has 0 fully saturated rings. The van der Waals surface area contributed by atoms with Gasteiger partial charge in [0, 0.05) is 11.8 Å². The molecular formula is C13H11FN2O2. The Morgan fingerprint density at radius 1 is 1.06 bits per heavy atom. The summed E-state index contributed by atoms with van der Waals surface area (Å²) < 4.78 is 13.3. The van der Waals surface area contributed by atoms with Gasteiger partial charge in [-0.2, -0.15) is 0 Å². The molecule has 2 amide bonds. The number of amides is 2.